The molecule has 5 nitrogen and oxygen atoms in total. The van der Waals surface area contributed by atoms with E-state index < -0.39 is 5.60 Å². The van der Waals surface area contributed by atoms with E-state index in [4.69, 9.17) is 0 Å². The van der Waals surface area contributed by atoms with E-state index in [1.54, 1.807) is 19.1 Å². The molecule has 1 unspecified atom stereocenters. The molecule has 0 aliphatic heterocycles. The second kappa shape index (κ2) is 6.75. The number of aliphatic hydroxyl groups is 1. The van der Waals surface area contributed by atoms with Gasteiger partial charge in [0.25, 0.3) is 5.91 Å². The molecule has 1 aromatic carbocycles. The van der Waals surface area contributed by atoms with Crippen LogP contribution in [0.5, 0.6) is 0 Å². The van der Waals surface area contributed by atoms with Gasteiger partial charge in [0.1, 0.15) is 17.2 Å². The van der Waals surface area contributed by atoms with Gasteiger partial charge >= 0.3 is 0 Å². The normalized spacial score (nSPS) is 13.3. The first-order valence-corrected chi connectivity index (χ1v) is 7.19. The molecule has 2 N–H and O–H groups in total. The van der Waals surface area contributed by atoms with Crippen LogP contribution in [-0.2, 0) is 5.60 Å². The first-order chi connectivity index (χ1) is 10.8. The molecule has 2 aromatic rings. The Morgan fingerprint density at radius 1 is 1.26 bits per heavy atom. The Hall–Kier alpha value is -2.47. The van der Waals surface area contributed by atoms with Crippen LogP contribution in [0.25, 0.3) is 0 Å². The van der Waals surface area contributed by atoms with Gasteiger partial charge in [-0.15, -0.1) is 0 Å². The number of carbonyl (C=O) groups is 1. The maximum atomic E-state index is 12.9. The molecule has 1 aromatic heterocycles. The highest BCUT2D eigenvalue weighted by Crippen LogP contribution is 2.20. The van der Waals surface area contributed by atoms with Gasteiger partial charge in [-0.25, -0.2) is 9.37 Å². The van der Waals surface area contributed by atoms with Crippen molar-refractivity contribution in [3.63, 3.8) is 0 Å². The molecule has 0 fully saturated rings. The molecule has 0 saturated heterocycles. The first-order valence-electron chi connectivity index (χ1n) is 7.19. The Balaban J connectivity index is 2.01. The second-order valence-corrected chi connectivity index (χ2v) is 5.76. The Morgan fingerprint density at radius 2 is 1.91 bits per heavy atom. The van der Waals surface area contributed by atoms with Crippen LogP contribution in [0.4, 0.5) is 10.2 Å². The maximum absolute atomic E-state index is 12.9. The number of hydrogen-bond donors (Lipinski definition) is 2. The van der Waals surface area contributed by atoms with E-state index >= 15 is 0 Å². The van der Waals surface area contributed by atoms with Crippen molar-refractivity contribution < 1.29 is 14.3 Å². The van der Waals surface area contributed by atoms with Gasteiger partial charge in [-0.1, -0.05) is 12.1 Å². The summed E-state index contributed by atoms with van der Waals surface area (Å²) in [4.78, 5) is 18.1. The van der Waals surface area contributed by atoms with Crippen LogP contribution < -0.4 is 10.2 Å². The van der Waals surface area contributed by atoms with E-state index in [1.165, 1.54) is 30.5 Å². The van der Waals surface area contributed by atoms with Crippen LogP contribution in [-0.4, -0.2) is 36.6 Å². The molecule has 0 spiro atoms. The van der Waals surface area contributed by atoms with E-state index in [0.29, 0.717) is 11.1 Å². The van der Waals surface area contributed by atoms with Crippen molar-refractivity contribution in [2.24, 2.45) is 0 Å². The third-order valence-electron chi connectivity index (χ3n) is 3.53. The molecule has 122 valence electrons. The minimum atomic E-state index is -1.29. The molecule has 0 aliphatic rings. The smallest absolute Gasteiger partial charge is 0.252 e. The quantitative estimate of drug-likeness (QED) is 0.884. The van der Waals surface area contributed by atoms with E-state index in [1.807, 2.05) is 19.0 Å². The van der Waals surface area contributed by atoms with Crippen molar-refractivity contribution in [2.75, 3.05) is 25.5 Å². The van der Waals surface area contributed by atoms with Crippen LogP contribution in [0.1, 0.15) is 22.8 Å². The molecule has 23 heavy (non-hydrogen) atoms. The lowest BCUT2D eigenvalue weighted by molar-refractivity contribution is 0.0526. The summed E-state index contributed by atoms with van der Waals surface area (Å²) in [5, 5.41) is 13.1. The van der Waals surface area contributed by atoms with Gasteiger partial charge in [0.15, 0.2) is 0 Å². The number of nitrogens with one attached hydrogen (secondary N) is 1. The molecule has 0 bridgehead atoms. The van der Waals surface area contributed by atoms with Crippen molar-refractivity contribution >= 4 is 11.7 Å². The number of halogens is 1. The van der Waals surface area contributed by atoms with Crippen molar-refractivity contribution in [1.29, 1.82) is 0 Å². The lowest BCUT2D eigenvalue weighted by Gasteiger charge is -2.24. The number of anilines is 1. The van der Waals surface area contributed by atoms with Crippen LogP contribution in [0.15, 0.2) is 42.6 Å². The molecule has 0 aliphatic carbocycles. The minimum absolute atomic E-state index is 0.00684. The number of hydrogen-bond acceptors (Lipinski definition) is 4. The predicted molar refractivity (Wildman–Crippen MR) is 86.9 cm³/mol. The minimum Gasteiger partial charge on any atom is -0.384 e. The molecule has 6 heteroatoms. The molecular weight excluding hydrogens is 297 g/mol. The zero-order valence-corrected chi connectivity index (χ0v) is 13.4. The van der Waals surface area contributed by atoms with Crippen molar-refractivity contribution in [3.05, 3.63) is 59.5 Å². The van der Waals surface area contributed by atoms with Crippen LogP contribution in [0.2, 0.25) is 0 Å². The van der Waals surface area contributed by atoms with Crippen LogP contribution in [0.3, 0.4) is 0 Å². The van der Waals surface area contributed by atoms with E-state index in [2.05, 4.69) is 10.3 Å². The molecule has 0 radical (unpaired) electrons. The number of aromatic nitrogens is 1. The summed E-state index contributed by atoms with van der Waals surface area (Å²) in [5.41, 5.74) is -0.355. The maximum Gasteiger partial charge on any atom is 0.252 e. The number of nitrogens with zero attached hydrogens (tertiary/aromatic N) is 2. The molecule has 2 rings (SSSR count). The largest absolute Gasteiger partial charge is 0.384 e. The van der Waals surface area contributed by atoms with E-state index in [9.17, 15) is 14.3 Å². The van der Waals surface area contributed by atoms with E-state index in [0.717, 1.165) is 5.82 Å². The average molecular weight is 317 g/mol. The highest BCUT2D eigenvalue weighted by molar-refractivity contribution is 5.94. The topological polar surface area (TPSA) is 65.5 Å². The van der Waals surface area contributed by atoms with E-state index in [-0.39, 0.29) is 18.3 Å². The molecule has 1 atom stereocenters. The summed E-state index contributed by atoms with van der Waals surface area (Å²) in [6.45, 7) is 1.57. The Morgan fingerprint density at radius 3 is 2.43 bits per heavy atom. The van der Waals surface area contributed by atoms with Crippen LogP contribution in [0, 0.1) is 5.82 Å². The predicted octanol–water partition coefficient (Wildman–Crippen LogP) is 1.92. The zero-order valence-electron chi connectivity index (χ0n) is 13.4. The summed E-state index contributed by atoms with van der Waals surface area (Å²) < 4.78 is 12.9. The fraction of sp³-hybridized carbons (Fsp3) is 0.294. The van der Waals surface area contributed by atoms with Crippen molar-refractivity contribution in [3.8, 4) is 0 Å². The number of carbonyl (C=O) groups excluding carboxylic acids is 1. The van der Waals surface area contributed by atoms with Gasteiger partial charge in [-0.3, -0.25) is 4.79 Å². The lowest BCUT2D eigenvalue weighted by Crippen LogP contribution is -2.38. The van der Waals surface area contributed by atoms with Crippen molar-refractivity contribution in [1.82, 2.24) is 10.3 Å². The number of amides is 1. The number of pyridine rings is 1. The molecular formula is C17H20FN3O2. The SMILES string of the molecule is CN(C)c1ccc(C(=O)NCC(C)(O)c2ccc(F)cc2)cn1. The number of rotatable bonds is 5. The first kappa shape index (κ1) is 16.9. The summed E-state index contributed by atoms with van der Waals surface area (Å²) >= 11 is 0. The molecule has 0 saturated carbocycles. The summed E-state index contributed by atoms with van der Waals surface area (Å²) in [6, 6.07) is 8.95. The number of benzene rings is 1. The summed E-state index contributed by atoms with van der Waals surface area (Å²) in [6.07, 6.45) is 1.48. The van der Waals surface area contributed by atoms with Gasteiger partial charge in [0.2, 0.25) is 0 Å². The fourth-order valence-electron chi connectivity index (χ4n) is 2.05. The van der Waals surface area contributed by atoms with Crippen LogP contribution >= 0.6 is 0 Å². The Kier molecular flexibility index (Phi) is 4.95. The van der Waals surface area contributed by atoms with Gasteiger partial charge < -0.3 is 15.3 Å². The van der Waals surface area contributed by atoms with Crippen molar-refractivity contribution in [2.45, 2.75) is 12.5 Å². The Labute approximate surface area is 134 Å². The second-order valence-electron chi connectivity index (χ2n) is 5.76. The highest BCUT2D eigenvalue weighted by Gasteiger charge is 2.24. The van der Waals surface area contributed by atoms with Gasteiger partial charge in [-0.2, -0.15) is 0 Å². The highest BCUT2D eigenvalue weighted by atomic mass is 19.1. The third-order valence-corrected chi connectivity index (χ3v) is 3.53. The monoisotopic (exact) mass is 317 g/mol. The zero-order chi connectivity index (χ0) is 17.0. The fourth-order valence-corrected chi connectivity index (χ4v) is 2.05. The third kappa shape index (κ3) is 4.26. The lowest BCUT2D eigenvalue weighted by atomic mass is 9.96. The Bertz CT molecular complexity index is 667. The molecule has 1 heterocycles. The average Bonchev–Trinajstić information content (AvgIpc) is 2.53. The van der Waals surface area contributed by atoms with Gasteiger partial charge in [0.05, 0.1) is 12.1 Å². The van der Waals surface area contributed by atoms with Gasteiger partial charge in [-0.05, 0) is 36.8 Å². The summed E-state index contributed by atoms with van der Waals surface area (Å²) in [7, 11) is 3.73. The summed E-state index contributed by atoms with van der Waals surface area (Å²) in [5.74, 6) is 0.0469. The molecule has 1 amide bonds. The standard InChI is InChI=1S/C17H20FN3O2/c1-17(23,13-5-7-14(18)8-6-13)11-20-16(22)12-4-9-15(19-10-12)21(2)3/h4-10,23H,11H2,1-3H3,(H,20,22). The van der Waals surface area contributed by atoms with Gasteiger partial charge in [0, 0.05) is 20.3 Å².